The second-order valence-corrected chi connectivity index (χ2v) is 6.87. The van der Waals surface area contributed by atoms with Gasteiger partial charge in [-0.15, -0.1) is 0 Å². The molecule has 2 heterocycles. The van der Waals surface area contributed by atoms with Crippen molar-refractivity contribution in [3.63, 3.8) is 0 Å². The van der Waals surface area contributed by atoms with Crippen molar-refractivity contribution in [3.8, 4) is 0 Å². The minimum atomic E-state index is -3.82. The summed E-state index contributed by atoms with van der Waals surface area (Å²) >= 11 is 6.03. The van der Waals surface area contributed by atoms with Gasteiger partial charge in [0.1, 0.15) is 5.15 Å². The van der Waals surface area contributed by atoms with Crippen molar-refractivity contribution >= 4 is 38.6 Å². The Morgan fingerprint density at radius 3 is 2.52 bits per heavy atom. The summed E-state index contributed by atoms with van der Waals surface area (Å²) in [6.07, 6.45) is 1.36. The first-order valence-corrected chi connectivity index (χ1v) is 8.23. The van der Waals surface area contributed by atoms with Crippen LogP contribution in [0.25, 0.3) is 11.0 Å². The topological polar surface area (TPSA) is 116 Å². The number of halogens is 1. The van der Waals surface area contributed by atoms with Crippen molar-refractivity contribution in [3.05, 3.63) is 47.2 Å². The number of aryl methyl sites for hydroxylation is 1. The van der Waals surface area contributed by atoms with Gasteiger partial charge < -0.3 is 5.84 Å². The molecular weight excluding hydrogens is 340 g/mol. The van der Waals surface area contributed by atoms with Crippen LogP contribution in [0.4, 0.5) is 5.95 Å². The Kier molecular flexibility index (Phi) is 3.74. The van der Waals surface area contributed by atoms with Crippen molar-refractivity contribution in [2.75, 3.05) is 0 Å². The van der Waals surface area contributed by atoms with Crippen LogP contribution in [0.1, 0.15) is 5.56 Å². The van der Waals surface area contributed by atoms with E-state index in [9.17, 15) is 8.42 Å². The number of nitrogens with zero attached hydrogens (tertiary/aromatic N) is 5. The maximum atomic E-state index is 12.8. The number of rotatable bonds is 3. The Morgan fingerprint density at radius 2 is 1.87 bits per heavy atom. The lowest BCUT2D eigenvalue weighted by molar-refractivity contribution is 0.588. The van der Waals surface area contributed by atoms with Gasteiger partial charge in [-0.2, -0.15) is 9.97 Å². The zero-order valence-electron chi connectivity index (χ0n) is 11.9. The number of hydrogen-bond acceptors (Lipinski definition) is 6. The van der Waals surface area contributed by atoms with Gasteiger partial charge in [0.25, 0.3) is 16.0 Å². The van der Waals surface area contributed by atoms with E-state index in [1.807, 2.05) is 6.92 Å². The van der Waals surface area contributed by atoms with E-state index < -0.39 is 10.0 Å². The van der Waals surface area contributed by atoms with Gasteiger partial charge in [0.2, 0.25) is 0 Å². The molecule has 0 bridgehead atoms. The summed E-state index contributed by atoms with van der Waals surface area (Å²) in [6, 6.07) is 8.01. The Labute approximate surface area is 136 Å². The standard InChI is InChI=1S/C13H11ClN6O2S/c1-8-2-4-9(5-3-8)23(21,22)20-7-6-10-11(14)16-13(18-19-15)17-12(10)20/h2-7H,1H3,(H2,15,16,17,18). The molecule has 118 valence electrons. The molecule has 3 rings (SSSR count). The monoisotopic (exact) mass is 350 g/mol. The molecule has 2 N–H and O–H groups in total. The van der Waals surface area contributed by atoms with Crippen LogP contribution in [0, 0.1) is 6.92 Å². The summed E-state index contributed by atoms with van der Waals surface area (Å²) in [5.74, 6) is 4.85. The molecule has 2 aromatic heterocycles. The normalized spacial score (nSPS) is 12.3. The highest BCUT2D eigenvalue weighted by atomic mass is 35.5. The lowest BCUT2D eigenvalue weighted by atomic mass is 10.2. The van der Waals surface area contributed by atoms with Crippen LogP contribution in [0.15, 0.2) is 51.8 Å². The van der Waals surface area contributed by atoms with Gasteiger partial charge in [0.05, 0.1) is 10.3 Å². The molecule has 0 spiro atoms. The van der Waals surface area contributed by atoms with E-state index in [0.717, 1.165) is 9.54 Å². The molecule has 0 saturated heterocycles. The van der Waals surface area contributed by atoms with Gasteiger partial charge in [-0.1, -0.05) is 39.6 Å². The molecule has 0 aliphatic carbocycles. The third-order valence-electron chi connectivity index (χ3n) is 3.18. The van der Waals surface area contributed by atoms with Crippen LogP contribution in [0.5, 0.6) is 0 Å². The van der Waals surface area contributed by atoms with Crippen LogP contribution in [0.2, 0.25) is 5.15 Å². The van der Waals surface area contributed by atoms with Gasteiger partial charge in [0.15, 0.2) is 5.65 Å². The lowest BCUT2D eigenvalue weighted by Gasteiger charge is -2.07. The largest absolute Gasteiger partial charge is 0.304 e. The highest BCUT2D eigenvalue weighted by Gasteiger charge is 2.21. The van der Waals surface area contributed by atoms with E-state index in [2.05, 4.69) is 20.3 Å². The second-order valence-electron chi connectivity index (χ2n) is 4.70. The molecule has 0 saturated carbocycles. The molecular formula is C13H11ClN6O2S. The van der Waals surface area contributed by atoms with Crippen LogP contribution >= 0.6 is 11.6 Å². The summed E-state index contributed by atoms with van der Waals surface area (Å²) < 4.78 is 26.6. The van der Waals surface area contributed by atoms with Gasteiger partial charge in [-0.05, 0) is 25.1 Å². The first kappa shape index (κ1) is 15.4. The quantitative estimate of drug-likeness (QED) is 0.337. The van der Waals surface area contributed by atoms with Crippen LogP contribution in [-0.2, 0) is 10.0 Å². The number of nitrogens with two attached hydrogens (primary N) is 1. The Morgan fingerprint density at radius 1 is 1.17 bits per heavy atom. The van der Waals surface area contributed by atoms with Crippen molar-refractivity contribution in [1.82, 2.24) is 13.9 Å². The van der Waals surface area contributed by atoms with E-state index >= 15 is 0 Å². The summed E-state index contributed by atoms with van der Waals surface area (Å²) in [4.78, 5) is 8.06. The lowest BCUT2D eigenvalue weighted by Crippen LogP contribution is -2.12. The van der Waals surface area contributed by atoms with E-state index in [-0.39, 0.29) is 21.6 Å². The summed E-state index contributed by atoms with van der Waals surface area (Å²) in [6.45, 7) is 1.87. The van der Waals surface area contributed by atoms with Crippen molar-refractivity contribution in [2.24, 2.45) is 16.2 Å². The summed E-state index contributed by atoms with van der Waals surface area (Å²) in [5, 5.41) is 7.03. The molecule has 0 fully saturated rings. The van der Waals surface area contributed by atoms with Crippen molar-refractivity contribution < 1.29 is 8.42 Å². The molecule has 0 aliphatic heterocycles. The minimum absolute atomic E-state index is 0.0651. The first-order valence-electron chi connectivity index (χ1n) is 6.41. The van der Waals surface area contributed by atoms with Crippen molar-refractivity contribution in [2.45, 2.75) is 11.8 Å². The molecule has 23 heavy (non-hydrogen) atoms. The zero-order valence-corrected chi connectivity index (χ0v) is 13.5. The Hall–Kier alpha value is -2.52. The highest BCUT2D eigenvalue weighted by molar-refractivity contribution is 7.90. The predicted molar refractivity (Wildman–Crippen MR) is 85.0 cm³/mol. The molecule has 1 aromatic carbocycles. The average molecular weight is 351 g/mol. The molecule has 3 aromatic rings. The third kappa shape index (κ3) is 2.64. The van der Waals surface area contributed by atoms with E-state index in [1.165, 1.54) is 24.4 Å². The van der Waals surface area contributed by atoms with Crippen LogP contribution in [0.3, 0.4) is 0 Å². The van der Waals surface area contributed by atoms with Crippen LogP contribution in [-0.4, -0.2) is 22.4 Å². The van der Waals surface area contributed by atoms with Crippen LogP contribution < -0.4 is 5.84 Å². The van der Waals surface area contributed by atoms with Gasteiger partial charge in [-0.3, -0.25) is 0 Å². The SMILES string of the molecule is Cc1ccc(S(=O)(=O)n2ccc3c(Cl)nc(N=NN)nc32)cc1. The number of benzene rings is 1. The summed E-state index contributed by atoms with van der Waals surface area (Å²) in [7, 11) is -3.82. The minimum Gasteiger partial charge on any atom is -0.304 e. The fourth-order valence-corrected chi connectivity index (χ4v) is 3.58. The third-order valence-corrected chi connectivity index (χ3v) is 5.15. The predicted octanol–water partition coefficient (Wildman–Crippen LogP) is 2.59. The number of fused-ring (bicyclic) bond motifs is 1. The number of hydrogen-bond donors (Lipinski definition) is 1. The molecule has 10 heteroatoms. The molecule has 8 nitrogen and oxygen atoms in total. The highest BCUT2D eigenvalue weighted by Crippen LogP contribution is 2.27. The van der Waals surface area contributed by atoms with Crippen molar-refractivity contribution in [1.29, 1.82) is 0 Å². The zero-order chi connectivity index (χ0) is 16.6. The van der Waals surface area contributed by atoms with E-state index in [0.29, 0.717) is 5.39 Å². The van der Waals surface area contributed by atoms with Gasteiger partial charge >= 0.3 is 0 Å². The van der Waals surface area contributed by atoms with E-state index in [1.54, 1.807) is 12.1 Å². The maximum Gasteiger partial charge on any atom is 0.274 e. The second kappa shape index (κ2) is 5.60. The molecule has 0 radical (unpaired) electrons. The number of aromatic nitrogens is 3. The maximum absolute atomic E-state index is 12.8. The molecule has 0 aliphatic rings. The van der Waals surface area contributed by atoms with Gasteiger partial charge in [-0.25, -0.2) is 12.4 Å². The summed E-state index contributed by atoms with van der Waals surface area (Å²) in [5.41, 5.74) is 1.06. The Balaban J connectivity index is 2.25. The molecule has 0 unspecified atom stereocenters. The Bertz CT molecular complexity index is 1010. The molecule has 0 atom stereocenters. The average Bonchev–Trinajstić information content (AvgIpc) is 2.93. The first-order chi connectivity index (χ1) is 10.9. The fraction of sp³-hybridized carbons (Fsp3) is 0.0769. The fourth-order valence-electron chi connectivity index (χ4n) is 2.06. The van der Waals surface area contributed by atoms with E-state index in [4.69, 9.17) is 17.4 Å². The smallest absolute Gasteiger partial charge is 0.274 e. The molecule has 0 amide bonds. The van der Waals surface area contributed by atoms with Gasteiger partial charge in [0, 0.05) is 6.20 Å².